The first-order valence-electron chi connectivity index (χ1n) is 9.77. The second-order valence-electron chi connectivity index (χ2n) is 7.67. The smallest absolute Gasteiger partial charge is 0.267 e. The van der Waals surface area contributed by atoms with Crippen molar-refractivity contribution in [1.82, 2.24) is 0 Å². The summed E-state index contributed by atoms with van der Waals surface area (Å²) < 4.78 is 37.6. The number of fused-ring (bicyclic) bond motifs is 4. The minimum atomic E-state index is -3.58. The van der Waals surface area contributed by atoms with Crippen molar-refractivity contribution in [2.24, 2.45) is 0 Å². The fourth-order valence-corrected chi connectivity index (χ4v) is 4.75. The highest BCUT2D eigenvalue weighted by atomic mass is 32.2. The summed E-state index contributed by atoms with van der Waals surface area (Å²) >= 11 is 0. The maximum atomic E-state index is 13.0. The summed E-state index contributed by atoms with van der Waals surface area (Å²) in [7, 11) is -3.58. The van der Waals surface area contributed by atoms with Crippen LogP contribution in [-0.2, 0) is 14.8 Å². The van der Waals surface area contributed by atoms with Gasteiger partial charge in [0.15, 0.2) is 6.10 Å². The third kappa shape index (κ3) is 3.48. The number of carbonyl (C=O) groups excluding carboxylic acids is 1. The lowest BCUT2D eigenvalue weighted by Crippen LogP contribution is -2.48. The maximum absolute atomic E-state index is 13.0. The molecule has 1 aliphatic rings. The molecule has 4 aromatic rings. The Labute approximate surface area is 179 Å². The molecule has 0 unspecified atom stereocenters. The van der Waals surface area contributed by atoms with Gasteiger partial charge in [0, 0.05) is 22.5 Å². The molecule has 2 heterocycles. The van der Waals surface area contributed by atoms with Crippen LogP contribution in [0.1, 0.15) is 5.56 Å². The van der Waals surface area contributed by atoms with E-state index >= 15 is 0 Å². The minimum absolute atomic E-state index is 0.104. The van der Waals surface area contributed by atoms with Crippen LogP contribution >= 0.6 is 0 Å². The van der Waals surface area contributed by atoms with E-state index in [4.69, 9.17) is 9.15 Å². The number of nitrogens with one attached hydrogen (secondary N) is 1. The van der Waals surface area contributed by atoms with Gasteiger partial charge in [-0.2, -0.15) is 0 Å². The van der Waals surface area contributed by atoms with Crippen LogP contribution < -0.4 is 14.4 Å². The largest absolute Gasteiger partial charge is 0.476 e. The molecule has 3 aromatic carbocycles. The number of anilines is 2. The van der Waals surface area contributed by atoms with E-state index in [0.717, 1.165) is 28.2 Å². The molecule has 0 spiro atoms. The number of ether oxygens (including phenoxy) is 1. The van der Waals surface area contributed by atoms with Crippen LogP contribution in [0, 0.1) is 6.92 Å². The molecule has 0 bridgehead atoms. The van der Waals surface area contributed by atoms with Gasteiger partial charge in [-0.3, -0.25) is 9.10 Å². The second kappa shape index (κ2) is 7.02. The highest BCUT2D eigenvalue weighted by Crippen LogP contribution is 2.36. The lowest BCUT2D eigenvalue weighted by molar-refractivity contribution is -0.122. The lowest BCUT2D eigenvalue weighted by atomic mass is 10.1. The number of carbonyl (C=O) groups is 1. The first-order chi connectivity index (χ1) is 14.8. The average molecular weight is 436 g/mol. The number of rotatable bonds is 3. The van der Waals surface area contributed by atoms with Crippen LogP contribution in [0.25, 0.3) is 21.9 Å². The fraction of sp³-hybridized carbons (Fsp3) is 0.174. The SMILES string of the molecule is Cc1ccc2c(c1)O[C@@H](C(=O)Nc1ccc3c(c1)oc1ccccc13)CN2S(C)(=O)=O. The van der Waals surface area contributed by atoms with Gasteiger partial charge < -0.3 is 14.5 Å². The van der Waals surface area contributed by atoms with Gasteiger partial charge in [-0.15, -0.1) is 0 Å². The van der Waals surface area contributed by atoms with Crippen molar-refractivity contribution in [3.63, 3.8) is 0 Å². The predicted molar refractivity (Wildman–Crippen MR) is 120 cm³/mol. The Morgan fingerprint density at radius 2 is 1.81 bits per heavy atom. The average Bonchev–Trinajstić information content (AvgIpc) is 3.09. The van der Waals surface area contributed by atoms with E-state index in [1.807, 2.05) is 43.3 Å². The van der Waals surface area contributed by atoms with Crippen molar-refractivity contribution in [2.45, 2.75) is 13.0 Å². The summed E-state index contributed by atoms with van der Waals surface area (Å²) in [5, 5.41) is 4.78. The number of furan rings is 1. The molecule has 0 radical (unpaired) electrons. The molecular formula is C23H20N2O5S. The summed E-state index contributed by atoms with van der Waals surface area (Å²) in [6.45, 7) is 1.77. The third-order valence-electron chi connectivity index (χ3n) is 5.32. The number of para-hydroxylation sites is 1. The Balaban J connectivity index is 1.44. The van der Waals surface area contributed by atoms with Crippen LogP contribution in [0.2, 0.25) is 0 Å². The highest BCUT2D eigenvalue weighted by Gasteiger charge is 2.35. The zero-order chi connectivity index (χ0) is 21.8. The number of hydrogen-bond acceptors (Lipinski definition) is 5. The van der Waals surface area contributed by atoms with E-state index in [0.29, 0.717) is 22.7 Å². The van der Waals surface area contributed by atoms with Crippen LogP contribution in [-0.4, -0.2) is 33.2 Å². The Bertz CT molecular complexity index is 1440. The fourth-order valence-electron chi connectivity index (χ4n) is 3.84. The predicted octanol–water partition coefficient (Wildman–Crippen LogP) is 4.06. The number of sulfonamides is 1. The van der Waals surface area contributed by atoms with Gasteiger partial charge >= 0.3 is 0 Å². The van der Waals surface area contributed by atoms with E-state index in [2.05, 4.69) is 5.32 Å². The zero-order valence-corrected chi connectivity index (χ0v) is 17.8. The maximum Gasteiger partial charge on any atom is 0.267 e. The van der Waals surface area contributed by atoms with E-state index in [1.54, 1.807) is 24.3 Å². The van der Waals surface area contributed by atoms with Gasteiger partial charge in [-0.25, -0.2) is 8.42 Å². The molecule has 0 saturated heterocycles. The Morgan fingerprint density at radius 1 is 1.03 bits per heavy atom. The summed E-state index contributed by atoms with van der Waals surface area (Å²) in [5.41, 5.74) is 3.31. The van der Waals surface area contributed by atoms with Gasteiger partial charge in [-0.05, 0) is 42.8 Å². The van der Waals surface area contributed by atoms with Crippen LogP contribution in [0.5, 0.6) is 5.75 Å². The van der Waals surface area contributed by atoms with Crippen LogP contribution in [0.15, 0.2) is 65.1 Å². The zero-order valence-electron chi connectivity index (χ0n) is 17.0. The van der Waals surface area contributed by atoms with E-state index in [9.17, 15) is 13.2 Å². The second-order valence-corrected chi connectivity index (χ2v) is 9.58. The Kier molecular flexibility index (Phi) is 4.40. The highest BCUT2D eigenvalue weighted by molar-refractivity contribution is 7.92. The molecular weight excluding hydrogens is 416 g/mol. The molecule has 1 amide bonds. The number of amides is 1. The van der Waals surface area contributed by atoms with E-state index in [-0.39, 0.29) is 6.54 Å². The Hall–Kier alpha value is -3.52. The molecule has 1 aliphatic heterocycles. The van der Waals surface area contributed by atoms with Gasteiger partial charge in [0.2, 0.25) is 10.0 Å². The van der Waals surface area contributed by atoms with E-state index in [1.165, 1.54) is 4.31 Å². The molecule has 7 nitrogen and oxygen atoms in total. The standard InChI is InChI=1S/C23H20N2O5S/c1-14-7-10-18-21(11-14)30-22(13-25(18)31(2,27)28)23(26)24-15-8-9-17-16-5-3-4-6-19(16)29-20(17)12-15/h3-12,22H,13H2,1-2H3,(H,24,26)/t22-/m1/s1. The molecule has 0 fully saturated rings. The van der Waals surface area contributed by atoms with Gasteiger partial charge in [-0.1, -0.05) is 24.3 Å². The summed E-state index contributed by atoms with van der Waals surface area (Å²) in [4.78, 5) is 13.0. The van der Waals surface area contributed by atoms with Crippen molar-refractivity contribution < 1.29 is 22.4 Å². The first-order valence-corrected chi connectivity index (χ1v) is 11.6. The summed E-state index contributed by atoms with van der Waals surface area (Å²) in [6.07, 6.45) is 0.127. The Morgan fingerprint density at radius 3 is 2.61 bits per heavy atom. The molecule has 31 heavy (non-hydrogen) atoms. The van der Waals surface area contributed by atoms with Gasteiger partial charge in [0.05, 0.1) is 18.5 Å². The third-order valence-corrected chi connectivity index (χ3v) is 6.47. The quantitative estimate of drug-likeness (QED) is 0.523. The lowest BCUT2D eigenvalue weighted by Gasteiger charge is -2.34. The molecule has 158 valence electrons. The number of aryl methyl sites for hydroxylation is 1. The normalized spacial score (nSPS) is 16.2. The van der Waals surface area contributed by atoms with Crippen molar-refractivity contribution in [3.8, 4) is 5.75 Å². The molecule has 1 atom stereocenters. The van der Waals surface area contributed by atoms with Crippen molar-refractivity contribution >= 4 is 49.2 Å². The van der Waals surface area contributed by atoms with Crippen LogP contribution in [0.3, 0.4) is 0 Å². The number of benzene rings is 3. The molecule has 0 saturated carbocycles. The summed E-state index contributed by atoms with van der Waals surface area (Å²) in [5.74, 6) is -0.0687. The van der Waals surface area contributed by atoms with E-state index < -0.39 is 22.0 Å². The number of hydrogen-bond donors (Lipinski definition) is 1. The van der Waals surface area contributed by atoms with Crippen LogP contribution in [0.4, 0.5) is 11.4 Å². The minimum Gasteiger partial charge on any atom is -0.476 e. The monoisotopic (exact) mass is 436 g/mol. The topological polar surface area (TPSA) is 88.8 Å². The van der Waals surface area contributed by atoms with Crippen molar-refractivity contribution in [3.05, 3.63) is 66.2 Å². The molecule has 0 aliphatic carbocycles. The molecule has 5 rings (SSSR count). The first kappa shape index (κ1) is 19.4. The van der Waals surface area contributed by atoms with Gasteiger partial charge in [0.25, 0.3) is 5.91 Å². The van der Waals surface area contributed by atoms with Gasteiger partial charge in [0.1, 0.15) is 16.9 Å². The summed E-state index contributed by atoms with van der Waals surface area (Å²) in [6, 6.07) is 18.4. The molecule has 1 aromatic heterocycles. The molecule has 8 heteroatoms. The number of nitrogens with zero attached hydrogens (tertiary/aromatic N) is 1. The van der Waals surface area contributed by atoms with Crippen molar-refractivity contribution in [2.75, 3.05) is 22.4 Å². The van der Waals surface area contributed by atoms with Crippen molar-refractivity contribution in [1.29, 1.82) is 0 Å². The molecule has 1 N–H and O–H groups in total.